The predicted octanol–water partition coefficient (Wildman–Crippen LogP) is 4.31. The number of nitrogens with one attached hydrogen (secondary N) is 1. The quantitative estimate of drug-likeness (QED) is 0.687. The fourth-order valence-corrected chi connectivity index (χ4v) is 3.39. The Kier molecular flexibility index (Phi) is 5.70. The molecule has 2 aromatic carbocycles. The van der Waals surface area contributed by atoms with Crippen molar-refractivity contribution in [2.45, 2.75) is 31.8 Å². The van der Waals surface area contributed by atoms with Gasteiger partial charge in [0.2, 0.25) is 0 Å². The molecule has 0 radical (unpaired) electrons. The highest BCUT2D eigenvalue weighted by Crippen LogP contribution is 2.33. The maximum Gasteiger partial charge on any atom is 0.261 e. The molecule has 1 saturated heterocycles. The second-order valence-electron chi connectivity index (χ2n) is 6.71. The van der Waals surface area contributed by atoms with E-state index in [-0.39, 0.29) is 6.10 Å². The summed E-state index contributed by atoms with van der Waals surface area (Å²) in [5.74, 6) is 1.86. The number of aryl methyl sites for hydroxylation is 2. The van der Waals surface area contributed by atoms with Gasteiger partial charge in [0.05, 0.1) is 5.56 Å². The van der Waals surface area contributed by atoms with E-state index in [1.54, 1.807) is 0 Å². The maximum absolute atomic E-state index is 6.21. The van der Waals surface area contributed by atoms with Crippen LogP contribution in [0.25, 0.3) is 11.5 Å². The minimum absolute atomic E-state index is 0.170. The molecule has 1 fully saturated rings. The van der Waals surface area contributed by atoms with E-state index in [1.807, 2.05) is 36.4 Å². The summed E-state index contributed by atoms with van der Waals surface area (Å²) in [6.45, 7) is 1.93. The van der Waals surface area contributed by atoms with Crippen molar-refractivity contribution in [3.8, 4) is 17.2 Å². The zero-order valence-corrected chi connectivity index (χ0v) is 15.8. The van der Waals surface area contributed by atoms with Crippen LogP contribution in [0.5, 0.6) is 5.75 Å². The van der Waals surface area contributed by atoms with Crippen molar-refractivity contribution >= 4 is 11.6 Å². The highest BCUT2D eigenvalue weighted by Gasteiger charge is 2.20. The molecule has 0 aliphatic carbocycles. The first-order chi connectivity index (χ1) is 13.3. The van der Waals surface area contributed by atoms with Crippen molar-refractivity contribution in [3.05, 3.63) is 64.9 Å². The molecule has 1 aliphatic heterocycles. The zero-order valence-electron chi connectivity index (χ0n) is 15.0. The number of nitrogens with zero attached hydrogens (tertiary/aromatic N) is 2. The molecule has 0 spiro atoms. The molecule has 0 bridgehead atoms. The molecule has 1 N–H and O–H groups in total. The van der Waals surface area contributed by atoms with Crippen LogP contribution in [0.15, 0.2) is 53.1 Å². The summed E-state index contributed by atoms with van der Waals surface area (Å²) in [5, 5.41) is 8.11. The summed E-state index contributed by atoms with van der Waals surface area (Å²) in [6, 6.07) is 15.8. The number of rotatable bonds is 6. The van der Waals surface area contributed by atoms with Gasteiger partial charge in [-0.25, -0.2) is 0 Å². The molecule has 140 valence electrons. The molecule has 0 saturated carbocycles. The lowest BCUT2D eigenvalue weighted by molar-refractivity contribution is 0.163. The van der Waals surface area contributed by atoms with Crippen LogP contribution in [-0.2, 0) is 12.8 Å². The first kappa shape index (κ1) is 18.0. The Bertz CT molecular complexity index is 876. The van der Waals surface area contributed by atoms with Gasteiger partial charge >= 0.3 is 0 Å². The Morgan fingerprint density at radius 3 is 2.70 bits per heavy atom. The summed E-state index contributed by atoms with van der Waals surface area (Å²) in [7, 11) is 0. The van der Waals surface area contributed by atoms with Gasteiger partial charge in [0.15, 0.2) is 5.82 Å². The van der Waals surface area contributed by atoms with Gasteiger partial charge < -0.3 is 14.6 Å². The van der Waals surface area contributed by atoms with Crippen LogP contribution in [0.1, 0.15) is 24.2 Å². The maximum atomic E-state index is 6.21. The molecule has 0 unspecified atom stereocenters. The Morgan fingerprint density at radius 1 is 1.07 bits per heavy atom. The van der Waals surface area contributed by atoms with Crippen LogP contribution < -0.4 is 10.1 Å². The lowest BCUT2D eigenvalue weighted by Gasteiger charge is -2.24. The lowest BCUT2D eigenvalue weighted by atomic mass is 10.1. The molecule has 2 heterocycles. The first-order valence-electron chi connectivity index (χ1n) is 9.32. The van der Waals surface area contributed by atoms with E-state index in [9.17, 15) is 0 Å². The third-order valence-electron chi connectivity index (χ3n) is 4.70. The molecular weight excluding hydrogens is 362 g/mol. The van der Waals surface area contributed by atoms with Gasteiger partial charge in [-0.2, -0.15) is 4.98 Å². The average molecular weight is 384 g/mol. The predicted molar refractivity (Wildman–Crippen MR) is 105 cm³/mol. The van der Waals surface area contributed by atoms with E-state index in [4.69, 9.17) is 20.9 Å². The highest BCUT2D eigenvalue weighted by atomic mass is 35.5. The summed E-state index contributed by atoms with van der Waals surface area (Å²) >= 11 is 6.19. The second kappa shape index (κ2) is 8.55. The highest BCUT2D eigenvalue weighted by molar-refractivity contribution is 6.30. The van der Waals surface area contributed by atoms with Crippen LogP contribution in [0.3, 0.4) is 0 Å². The van der Waals surface area contributed by atoms with E-state index in [0.717, 1.165) is 44.3 Å². The Balaban J connectivity index is 1.50. The molecule has 1 aliphatic rings. The van der Waals surface area contributed by atoms with E-state index in [2.05, 4.69) is 27.6 Å². The molecular formula is C21H22ClN3O2. The number of hydrogen-bond acceptors (Lipinski definition) is 5. The monoisotopic (exact) mass is 383 g/mol. The van der Waals surface area contributed by atoms with Crippen LogP contribution in [0, 0.1) is 0 Å². The molecule has 6 heteroatoms. The largest absolute Gasteiger partial charge is 0.489 e. The van der Waals surface area contributed by atoms with E-state index < -0.39 is 0 Å². The van der Waals surface area contributed by atoms with Crippen LogP contribution in [0.2, 0.25) is 5.02 Å². The molecule has 1 aromatic heterocycles. The van der Waals surface area contributed by atoms with Crippen molar-refractivity contribution in [1.82, 2.24) is 15.5 Å². The summed E-state index contributed by atoms with van der Waals surface area (Å²) in [6.07, 6.45) is 3.71. The fourth-order valence-electron chi connectivity index (χ4n) is 3.23. The number of ether oxygens (including phenoxy) is 1. The number of benzene rings is 2. The molecule has 5 nitrogen and oxygen atoms in total. The van der Waals surface area contributed by atoms with E-state index in [0.29, 0.717) is 22.5 Å². The molecule has 0 amide bonds. The summed E-state index contributed by atoms with van der Waals surface area (Å²) in [5.41, 5.74) is 2.04. The zero-order chi connectivity index (χ0) is 18.5. The van der Waals surface area contributed by atoms with Gasteiger partial charge in [-0.1, -0.05) is 47.1 Å². The average Bonchev–Trinajstić information content (AvgIpc) is 3.17. The third-order valence-corrected chi connectivity index (χ3v) is 4.94. The van der Waals surface area contributed by atoms with Crippen molar-refractivity contribution in [1.29, 1.82) is 0 Å². The Labute approximate surface area is 163 Å². The minimum Gasteiger partial charge on any atom is -0.489 e. The normalized spacial score (nSPS) is 15.0. The van der Waals surface area contributed by atoms with Gasteiger partial charge in [-0.3, -0.25) is 0 Å². The van der Waals surface area contributed by atoms with Gasteiger partial charge in [0.1, 0.15) is 11.9 Å². The standard InChI is InChI=1S/C21H22ClN3O2/c22-16-7-8-18(19(14-16)26-17-10-12-23-13-11-17)21-24-20(25-27-21)9-6-15-4-2-1-3-5-15/h1-5,7-8,14,17,23H,6,9-13H2. The van der Waals surface area contributed by atoms with E-state index >= 15 is 0 Å². The minimum atomic E-state index is 0.170. The Morgan fingerprint density at radius 2 is 1.89 bits per heavy atom. The SMILES string of the molecule is Clc1ccc(-c2nc(CCc3ccccc3)no2)c(OC2CCNCC2)c1. The number of piperidine rings is 1. The number of halogens is 1. The first-order valence-corrected chi connectivity index (χ1v) is 9.69. The second-order valence-corrected chi connectivity index (χ2v) is 7.15. The van der Waals surface area contributed by atoms with Gasteiger partial charge in [0, 0.05) is 11.4 Å². The van der Waals surface area contributed by atoms with E-state index in [1.165, 1.54) is 5.56 Å². The smallest absolute Gasteiger partial charge is 0.261 e. The number of hydrogen-bond donors (Lipinski definition) is 1. The van der Waals surface area contributed by atoms with Crippen molar-refractivity contribution in [2.24, 2.45) is 0 Å². The summed E-state index contributed by atoms with van der Waals surface area (Å²) in [4.78, 5) is 4.57. The molecule has 3 aromatic rings. The summed E-state index contributed by atoms with van der Waals surface area (Å²) < 4.78 is 11.7. The van der Waals surface area contributed by atoms with Gasteiger partial charge in [0.25, 0.3) is 5.89 Å². The molecule has 27 heavy (non-hydrogen) atoms. The van der Waals surface area contributed by atoms with Crippen LogP contribution >= 0.6 is 11.6 Å². The van der Waals surface area contributed by atoms with Crippen LogP contribution in [0.4, 0.5) is 0 Å². The van der Waals surface area contributed by atoms with Crippen molar-refractivity contribution in [3.63, 3.8) is 0 Å². The lowest BCUT2D eigenvalue weighted by Crippen LogP contribution is -2.34. The topological polar surface area (TPSA) is 60.2 Å². The fraction of sp³-hybridized carbons (Fsp3) is 0.333. The number of aromatic nitrogens is 2. The molecule has 0 atom stereocenters. The van der Waals surface area contributed by atoms with Crippen LogP contribution in [-0.4, -0.2) is 29.3 Å². The van der Waals surface area contributed by atoms with Crippen molar-refractivity contribution in [2.75, 3.05) is 13.1 Å². The molecule has 4 rings (SSSR count). The Hall–Kier alpha value is -2.37. The van der Waals surface area contributed by atoms with Crippen molar-refractivity contribution < 1.29 is 9.26 Å². The third kappa shape index (κ3) is 4.67. The van der Waals surface area contributed by atoms with Gasteiger partial charge in [-0.15, -0.1) is 0 Å². The van der Waals surface area contributed by atoms with Gasteiger partial charge in [-0.05, 0) is 56.1 Å².